The van der Waals surface area contributed by atoms with Gasteiger partial charge in [-0.25, -0.2) is 5.10 Å². The van der Waals surface area contributed by atoms with Gasteiger partial charge in [-0.1, -0.05) is 12.8 Å². The molecule has 0 bridgehead atoms. The summed E-state index contributed by atoms with van der Waals surface area (Å²) in [4.78, 5) is 22.6. The van der Waals surface area contributed by atoms with Crippen molar-refractivity contribution in [3.63, 3.8) is 0 Å². The largest absolute Gasteiger partial charge is 0.346 e. The van der Waals surface area contributed by atoms with E-state index in [4.69, 9.17) is 11.6 Å². The molecule has 2 unspecified atom stereocenters. The van der Waals surface area contributed by atoms with Crippen LogP contribution in [0.1, 0.15) is 36.2 Å². The maximum atomic E-state index is 11.8. The predicted molar refractivity (Wildman–Crippen MR) is 64.2 cm³/mol. The maximum absolute atomic E-state index is 11.8. The highest BCUT2D eigenvalue weighted by atomic mass is 35.5. The second-order valence-corrected chi connectivity index (χ2v) is 4.75. The average molecular weight is 256 g/mol. The molecule has 1 saturated carbocycles. The van der Waals surface area contributed by atoms with Gasteiger partial charge in [0.2, 0.25) is 0 Å². The quantitative estimate of drug-likeness (QED) is 0.776. The minimum absolute atomic E-state index is 0.00774. The van der Waals surface area contributed by atoms with Crippen molar-refractivity contribution in [2.45, 2.75) is 37.1 Å². The smallest absolute Gasteiger partial charge is 0.271 e. The van der Waals surface area contributed by atoms with Crippen molar-refractivity contribution in [3.05, 3.63) is 28.2 Å². The zero-order valence-corrected chi connectivity index (χ0v) is 10.0. The molecular weight excluding hydrogens is 242 g/mol. The highest BCUT2D eigenvalue weighted by molar-refractivity contribution is 6.21. The number of nitrogens with one attached hydrogen (secondary N) is 2. The van der Waals surface area contributed by atoms with Crippen LogP contribution in [0.5, 0.6) is 0 Å². The standard InChI is InChI=1S/C11H14ClN3O2/c12-7-3-1-2-4-8(7)13-11(17)9-5-6-10(16)15-14-9/h5-8H,1-4H2,(H,13,17)(H,15,16). The van der Waals surface area contributed by atoms with E-state index in [1.807, 2.05) is 0 Å². The number of carbonyl (C=O) groups excluding carboxylic acids is 1. The molecular formula is C11H14ClN3O2. The summed E-state index contributed by atoms with van der Waals surface area (Å²) in [5, 5.41) is 8.74. The van der Waals surface area contributed by atoms with Crippen LogP contribution in [0.15, 0.2) is 16.9 Å². The first kappa shape index (κ1) is 12.1. The van der Waals surface area contributed by atoms with E-state index < -0.39 is 0 Å². The van der Waals surface area contributed by atoms with Gasteiger partial charge in [-0.05, 0) is 18.9 Å². The number of alkyl halides is 1. The monoisotopic (exact) mass is 255 g/mol. The van der Waals surface area contributed by atoms with Gasteiger partial charge in [0.25, 0.3) is 11.5 Å². The number of carbonyl (C=O) groups is 1. The lowest BCUT2D eigenvalue weighted by Gasteiger charge is -2.27. The third-order valence-electron chi connectivity index (χ3n) is 2.91. The van der Waals surface area contributed by atoms with E-state index in [1.165, 1.54) is 12.1 Å². The number of hydrogen-bond donors (Lipinski definition) is 2. The molecule has 1 aliphatic rings. The predicted octanol–water partition coefficient (Wildman–Crippen LogP) is 1.05. The first-order chi connectivity index (χ1) is 8.16. The van der Waals surface area contributed by atoms with Crippen LogP contribution in [0.2, 0.25) is 0 Å². The Kier molecular flexibility index (Phi) is 3.78. The molecule has 0 aromatic carbocycles. The fraction of sp³-hybridized carbons (Fsp3) is 0.545. The SMILES string of the molecule is O=C(NC1CCCCC1Cl)c1ccc(=O)[nH]n1. The number of amides is 1. The lowest BCUT2D eigenvalue weighted by Crippen LogP contribution is -2.43. The van der Waals surface area contributed by atoms with Gasteiger partial charge < -0.3 is 5.32 Å². The number of aromatic amines is 1. The first-order valence-electron chi connectivity index (χ1n) is 5.67. The Morgan fingerprint density at radius 3 is 2.82 bits per heavy atom. The number of rotatable bonds is 2. The Bertz CT molecular complexity index is 440. The fourth-order valence-electron chi connectivity index (χ4n) is 1.96. The lowest BCUT2D eigenvalue weighted by atomic mass is 9.95. The number of hydrogen-bond acceptors (Lipinski definition) is 3. The van der Waals surface area contributed by atoms with Crippen LogP contribution >= 0.6 is 11.6 Å². The minimum Gasteiger partial charge on any atom is -0.346 e. The van der Waals surface area contributed by atoms with E-state index in [1.54, 1.807) is 0 Å². The van der Waals surface area contributed by atoms with Gasteiger partial charge in [0.15, 0.2) is 0 Å². The summed E-state index contributed by atoms with van der Waals surface area (Å²) in [7, 11) is 0. The first-order valence-corrected chi connectivity index (χ1v) is 6.11. The van der Waals surface area contributed by atoms with Crippen molar-refractivity contribution in [1.29, 1.82) is 0 Å². The van der Waals surface area contributed by atoms with Gasteiger partial charge in [-0.2, -0.15) is 5.10 Å². The summed E-state index contributed by atoms with van der Waals surface area (Å²) in [5.74, 6) is -0.293. The van der Waals surface area contributed by atoms with Crippen LogP contribution in [0.25, 0.3) is 0 Å². The summed E-state index contributed by atoms with van der Waals surface area (Å²) in [6, 6.07) is 2.67. The third-order valence-corrected chi connectivity index (χ3v) is 3.43. The Hall–Kier alpha value is -1.36. The number of aromatic nitrogens is 2. The van der Waals surface area contributed by atoms with Crippen molar-refractivity contribution < 1.29 is 4.79 Å². The molecule has 1 heterocycles. The van der Waals surface area contributed by atoms with Crippen LogP contribution in [0, 0.1) is 0 Å². The van der Waals surface area contributed by atoms with Crippen LogP contribution in [-0.2, 0) is 0 Å². The molecule has 17 heavy (non-hydrogen) atoms. The number of halogens is 1. The van der Waals surface area contributed by atoms with E-state index in [9.17, 15) is 9.59 Å². The molecule has 0 radical (unpaired) electrons. The molecule has 1 amide bonds. The molecule has 2 N–H and O–H groups in total. The van der Waals surface area contributed by atoms with Crippen LogP contribution in [-0.4, -0.2) is 27.5 Å². The number of nitrogens with zero attached hydrogens (tertiary/aromatic N) is 1. The molecule has 1 aromatic heterocycles. The molecule has 2 atom stereocenters. The van der Waals surface area contributed by atoms with Gasteiger partial charge in [0.05, 0.1) is 5.38 Å². The molecule has 92 valence electrons. The topological polar surface area (TPSA) is 74.8 Å². The van der Waals surface area contributed by atoms with Gasteiger partial charge in [-0.3, -0.25) is 9.59 Å². The van der Waals surface area contributed by atoms with Gasteiger partial charge in [0, 0.05) is 12.1 Å². The van der Waals surface area contributed by atoms with E-state index >= 15 is 0 Å². The van der Waals surface area contributed by atoms with E-state index in [-0.39, 0.29) is 28.6 Å². The van der Waals surface area contributed by atoms with Crippen molar-refractivity contribution in [2.75, 3.05) is 0 Å². The molecule has 0 spiro atoms. The van der Waals surface area contributed by atoms with Gasteiger partial charge in [-0.15, -0.1) is 11.6 Å². The Morgan fingerprint density at radius 1 is 1.41 bits per heavy atom. The van der Waals surface area contributed by atoms with Crippen molar-refractivity contribution in [3.8, 4) is 0 Å². The highest BCUT2D eigenvalue weighted by Gasteiger charge is 2.25. The normalized spacial score (nSPS) is 24.3. The van der Waals surface area contributed by atoms with E-state index in [0.29, 0.717) is 0 Å². The molecule has 5 nitrogen and oxygen atoms in total. The zero-order valence-electron chi connectivity index (χ0n) is 9.28. The van der Waals surface area contributed by atoms with Crippen LogP contribution in [0.4, 0.5) is 0 Å². The van der Waals surface area contributed by atoms with Crippen LogP contribution in [0.3, 0.4) is 0 Å². The Morgan fingerprint density at radius 2 is 2.18 bits per heavy atom. The lowest BCUT2D eigenvalue weighted by molar-refractivity contribution is 0.0922. The maximum Gasteiger partial charge on any atom is 0.271 e. The van der Waals surface area contributed by atoms with E-state index in [2.05, 4.69) is 15.5 Å². The summed E-state index contributed by atoms with van der Waals surface area (Å²) >= 11 is 6.15. The summed E-state index contributed by atoms with van der Waals surface area (Å²) in [6.07, 6.45) is 4.00. The Labute approximate surface area is 104 Å². The van der Waals surface area contributed by atoms with Crippen LogP contribution < -0.4 is 10.9 Å². The highest BCUT2D eigenvalue weighted by Crippen LogP contribution is 2.23. The summed E-state index contributed by atoms with van der Waals surface area (Å²) in [5.41, 5.74) is -0.117. The molecule has 6 heteroatoms. The molecule has 0 saturated heterocycles. The minimum atomic E-state index is -0.325. The van der Waals surface area contributed by atoms with Crippen molar-refractivity contribution in [2.24, 2.45) is 0 Å². The second kappa shape index (κ2) is 5.31. The second-order valence-electron chi connectivity index (χ2n) is 4.19. The Balaban J connectivity index is 2.01. The van der Waals surface area contributed by atoms with Gasteiger partial charge >= 0.3 is 0 Å². The van der Waals surface area contributed by atoms with Crippen molar-refractivity contribution in [1.82, 2.24) is 15.5 Å². The van der Waals surface area contributed by atoms with Crippen molar-refractivity contribution >= 4 is 17.5 Å². The summed E-state index contributed by atoms with van der Waals surface area (Å²) in [6.45, 7) is 0. The zero-order chi connectivity index (χ0) is 12.3. The fourth-order valence-corrected chi connectivity index (χ4v) is 2.30. The molecule has 0 aliphatic heterocycles. The van der Waals surface area contributed by atoms with E-state index in [0.717, 1.165) is 25.7 Å². The molecule has 1 fully saturated rings. The summed E-state index contributed by atoms with van der Waals surface area (Å²) < 4.78 is 0. The van der Waals surface area contributed by atoms with Gasteiger partial charge in [0.1, 0.15) is 5.69 Å². The average Bonchev–Trinajstić information content (AvgIpc) is 2.33. The molecule has 1 aliphatic carbocycles. The molecule has 1 aromatic rings. The third kappa shape index (κ3) is 3.06. The number of H-pyrrole nitrogens is 1. The molecule has 2 rings (SSSR count).